The van der Waals surface area contributed by atoms with E-state index in [1.807, 2.05) is 92.0 Å². The highest BCUT2D eigenvalue weighted by atomic mass is 35.5. The Kier molecular flexibility index (Phi) is 12.1. The van der Waals surface area contributed by atoms with E-state index < -0.39 is 29.0 Å². The predicted molar refractivity (Wildman–Crippen MR) is 258 cm³/mol. The van der Waals surface area contributed by atoms with Crippen LogP contribution in [0.15, 0.2) is 83.4 Å². The van der Waals surface area contributed by atoms with Crippen molar-refractivity contribution in [2.75, 3.05) is 6.54 Å². The molecule has 13 nitrogen and oxygen atoms in total. The number of likely N-dealkylation sites (tertiary alicyclic amines) is 1. The molecule has 3 N–H and O–H groups in total. The summed E-state index contributed by atoms with van der Waals surface area (Å²) in [6.07, 6.45) is 6.25. The lowest BCUT2D eigenvalue weighted by molar-refractivity contribution is -0.144. The molecule has 0 radical (unpaired) electrons. The molecule has 15 heteroatoms. The molecule has 66 heavy (non-hydrogen) atoms. The minimum Gasteiger partial charge on any atom is -0.391 e. The lowest BCUT2D eigenvalue weighted by atomic mass is 9.80. The Morgan fingerprint density at radius 2 is 1.70 bits per heavy atom. The summed E-state index contributed by atoms with van der Waals surface area (Å²) in [5, 5.41) is 22.5. The van der Waals surface area contributed by atoms with Crippen molar-refractivity contribution < 1.29 is 19.5 Å². The highest BCUT2D eigenvalue weighted by Gasteiger charge is 2.45. The van der Waals surface area contributed by atoms with E-state index in [1.165, 1.54) is 4.90 Å². The molecule has 1 aliphatic carbocycles. The molecule has 2 aliphatic heterocycles. The second-order valence-electron chi connectivity index (χ2n) is 20.1. The maximum absolute atomic E-state index is 14.4. The van der Waals surface area contributed by atoms with E-state index in [2.05, 4.69) is 58.8 Å². The van der Waals surface area contributed by atoms with Crippen molar-refractivity contribution in [2.45, 2.75) is 117 Å². The number of β-amino-alcohol motifs (C(OH)–C–C–N with tert-alkyl or cyclic N) is 1. The van der Waals surface area contributed by atoms with Crippen molar-refractivity contribution in [3.05, 3.63) is 117 Å². The molecule has 6 aromatic rings. The van der Waals surface area contributed by atoms with Crippen LogP contribution in [-0.4, -0.2) is 76.8 Å². The first kappa shape index (κ1) is 45.5. The number of halogens is 1. The van der Waals surface area contributed by atoms with Crippen LogP contribution in [0.3, 0.4) is 0 Å². The number of carbonyl (C=O) groups is 3. The van der Waals surface area contributed by atoms with Crippen LogP contribution in [-0.2, 0) is 26.3 Å². The van der Waals surface area contributed by atoms with E-state index in [0.29, 0.717) is 35.0 Å². The third kappa shape index (κ3) is 8.47. The van der Waals surface area contributed by atoms with Crippen molar-refractivity contribution in [2.24, 2.45) is 17.3 Å². The van der Waals surface area contributed by atoms with Crippen LogP contribution >= 0.6 is 22.9 Å². The lowest BCUT2D eigenvalue weighted by Crippen LogP contribution is -2.58. The maximum atomic E-state index is 14.4. The van der Waals surface area contributed by atoms with E-state index >= 15 is 0 Å². The number of thiazole rings is 1. The van der Waals surface area contributed by atoms with Gasteiger partial charge >= 0.3 is 0 Å². The van der Waals surface area contributed by atoms with Crippen molar-refractivity contribution >= 4 is 51.6 Å². The molecule has 3 aromatic carbocycles. The van der Waals surface area contributed by atoms with Gasteiger partial charge in [-0.3, -0.25) is 28.4 Å². The smallest absolute Gasteiger partial charge is 0.282 e. The second kappa shape index (κ2) is 17.5. The van der Waals surface area contributed by atoms with E-state index in [9.17, 15) is 24.3 Å². The summed E-state index contributed by atoms with van der Waals surface area (Å²) >= 11 is 8.05. The summed E-state index contributed by atoms with van der Waals surface area (Å²) in [5.74, 6) is -0.106. The Hall–Kier alpha value is -5.70. The summed E-state index contributed by atoms with van der Waals surface area (Å²) in [7, 11) is 0. The van der Waals surface area contributed by atoms with Gasteiger partial charge in [0, 0.05) is 37.2 Å². The minimum atomic E-state index is -0.887. The Bertz CT molecular complexity index is 2910. The molecule has 3 aromatic heterocycles. The first-order valence-electron chi connectivity index (χ1n) is 22.9. The van der Waals surface area contributed by atoms with Crippen molar-refractivity contribution in [3.8, 4) is 27.3 Å². The average Bonchev–Trinajstić information content (AvgIpc) is 4.08. The highest BCUT2D eigenvalue weighted by Crippen LogP contribution is 2.45. The fourth-order valence-electron chi connectivity index (χ4n) is 10.2. The van der Waals surface area contributed by atoms with Crippen LogP contribution in [0.2, 0.25) is 5.02 Å². The van der Waals surface area contributed by atoms with Gasteiger partial charge in [0.25, 0.3) is 5.56 Å². The van der Waals surface area contributed by atoms with Gasteiger partial charge in [-0.1, -0.05) is 68.8 Å². The first-order chi connectivity index (χ1) is 31.4. The predicted octanol–water partition coefficient (Wildman–Crippen LogP) is 8.15. The number of rotatable bonds is 10. The third-order valence-corrected chi connectivity index (χ3v) is 15.3. The van der Waals surface area contributed by atoms with Gasteiger partial charge in [-0.25, -0.2) is 4.98 Å². The Morgan fingerprint density at radius 3 is 2.39 bits per heavy atom. The van der Waals surface area contributed by atoms with E-state index in [4.69, 9.17) is 16.7 Å². The number of carbonyl (C=O) groups excluding carboxylic acids is 3. The standard InChI is InChI=1S/C51H57ClN8O5S/c1-28(31-15-17-32(18-16-31)43-29(2)53-27-66-43)55-46(63)41-22-36(61)26-59(41)48(65)44(50(3,4)5)56-45(62)33-13-11-30(12-14-33)24-58-25-35(23-54-58)34-19-20-39-37(21-34)51(6,7)49-57-47(64)42-38(52)9-8-10-40(42)60(39)49/h8-10,15-21,23,25,27-28,30,33,36,41,44,61H,11-14,22,24,26H2,1-7H3,(H,55,63)(H,56,62)/t28-,30?,33?,36+,41-,44+/m0/s1. The molecule has 1 saturated heterocycles. The van der Waals surface area contributed by atoms with Gasteiger partial charge in [-0.05, 0) is 111 Å². The van der Waals surface area contributed by atoms with Gasteiger partial charge in [0.1, 0.15) is 17.9 Å². The van der Waals surface area contributed by atoms with Gasteiger partial charge < -0.3 is 20.6 Å². The van der Waals surface area contributed by atoms with Crippen LogP contribution in [0.5, 0.6) is 0 Å². The molecule has 0 spiro atoms. The number of benzene rings is 3. The van der Waals surface area contributed by atoms with Crippen LogP contribution in [0.4, 0.5) is 0 Å². The topological polar surface area (TPSA) is 164 Å². The number of aliphatic hydroxyl groups is 1. The van der Waals surface area contributed by atoms with Gasteiger partial charge in [-0.15, -0.1) is 11.3 Å². The summed E-state index contributed by atoms with van der Waals surface area (Å²) in [6, 6.07) is 17.7. The first-order valence-corrected chi connectivity index (χ1v) is 24.1. The fraction of sp³-hybridized carbons (Fsp3) is 0.431. The third-order valence-electron chi connectivity index (χ3n) is 14.0. The van der Waals surface area contributed by atoms with Crippen molar-refractivity contribution in [1.29, 1.82) is 0 Å². The molecule has 0 unspecified atom stereocenters. The van der Waals surface area contributed by atoms with E-state index in [0.717, 1.165) is 69.0 Å². The van der Waals surface area contributed by atoms with Crippen LogP contribution in [0.1, 0.15) is 102 Å². The Labute approximate surface area is 393 Å². The number of fused-ring (bicyclic) bond motifs is 5. The second-order valence-corrected chi connectivity index (χ2v) is 21.3. The monoisotopic (exact) mass is 928 g/mol. The molecule has 344 valence electrons. The fourth-order valence-corrected chi connectivity index (χ4v) is 11.2. The molecule has 5 heterocycles. The number of amides is 3. The number of aliphatic hydroxyl groups excluding tert-OH is 1. The summed E-state index contributed by atoms with van der Waals surface area (Å²) in [5.41, 5.74) is 8.05. The number of nitrogens with one attached hydrogen (secondary N) is 2. The molecule has 9 rings (SSSR count). The largest absolute Gasteiger partial charge is 0.391 e. The summed E-state index contributed by atoms with van der Waals surface area (Å²) in [6.45, 7) is 14.5. The van der Waals surface area contributed by atoms with E-state index in [1.54, 1.807) is 17.4 Å². The van der Waals surface area contributed by atoms with Crippen LogP contribution in [0, 0.1) is 24.2 Å². The van der Waals surface area contributed by atoms with Gasteiger partial charge in [-0.2, -0.15) is 10.1 Å². The van der Waals surface area contributed by atoms with Crippen molar-refractivity contribution in [1.82, 2.24) is 39.8 Å². The molecule has 3 aliphatic rings. The molecular formula is C51H57ClN8O5S. The molecule has 0 bridgehead atoms. The average molecular weight is 930 g/mol. The zero-order chi connectivity index (χ0) is 46.8. The Morgan fingerprint density at radius 1 is 0.970 bits per heavy atom. The van der Waals surface area contributed by atoms with Gasteiger partial charge in [0.15, 0.2) is 0 Å². The van der Waals surface area contributed by atoms with E-state index in [-0.39, 0.29) is 48.2 Å². The SMILES string of the molecule is Cc1ncsc1-c1ccc([C@H](C)NC(=O)[C@@H]2C[C@@H](O)CN2C(=O)[C@@H](NC(=O)C2CCC(Cn3cc(-c4ccc5c(c4)C(C)(C)c4nc(=O)c6c(Cl)cccc6n4-5)cn3)CC2)C(C)(C)C)cc1. The summed E-state index contributed by atoms with van der Waals surface area (Å²) < 4.78 is 4.03. The quantitative estimate of drug-likeness (QED) is 0.124. The number of hydrogen-bond acceptors (Lipinski definition) is 9. The normalized spacial score (nSPS) is 21.0. The molecular weight excluding hydrogens is 872 g/mol. The molecule has 2 fully saturated rings. The maximum Gasteiger partial charge on any atom is 0.282 e. The highest BCUT2D eigenvalue weighted by molar-refractivity contribution is 7.13. The van der Waals surface area contributed by atoms with Crippen LogP contribution in [0.25, 0.3) is 38.2 Å². The molecule has 4 atom stereocenters. The van der Waals surface area contributed by atoms with Gasteiger partial charge in [0.05, 0.1) is 61.5 Å². The minimum absolute atomic E-state index is 0.0165. The number of nitrogens with zero attached hydrogens (tertiary/aromatic N) is 6. The lowest BCUT2D eigenvalue weighted by Gasteiger charge is -2.37. The Balaban J connectivity index is 0.811. The zero-order valence-electron chi connectivity index (χ0n) is 38.5. The number of hydrogen-bond donors (Lipinski definition) is 3. The molecule has 3 amide bonds. The number of aryl methyl sites for hydroxylation is 1. The summed E-state index contributed by atoms with van der Waals surface area (Å²) in [4.78, 5) is 66.6. The number of aromatic nitrogens is 5. The zero-order valence-corrected chi connectivity index (χ0v) is 40.0. The van der Waals surface area contributed by atoms with Crippen molar-refractivity contribution in [3.63, 3.8) is 0 Å². The van der Waals surface area contributed by atoms with Crippen LogP contribution < -0.4 is 16.2 Å². The van der Waals surface area contributed by atoms with Gasteiger partial charge in [0.2, 0.25) is 17.7 Å². The molecule has 1 saturated carbocycles.